The number of rotatable bonds is 5. The van der Waals surface area contributed by atoms with Crippen molar-refractivity contribution in [1.82, 2.24) is 0 Å². The zero-order valence-corrected chi connectivity index (χ0v) is 9.26. The molecule has 0 N–H and O–H groups in total. The van der Waals surface area contributed by atoms with E-state index >= 15 is 0 Å². The molecule has 0 saturated heterocycles. The molecule has 0 aromatic rings. The minimum Gasteiger partial charge on any atom is -0.501 e. The summed E-state index contributed by atoms with van der Waals surface area (Å²) >= 11 is 0. The van der Waals surface area contributed by atoms with Crippen LogP contribution < -0.4 is 0 Å². The van der Waals surface area contributed by atoms with Crippen LogP contribution in [0.15, 0.2) is 23.7 Å². The van der Waals surface area contributed by atoms with Gasteiger partial charge >= 0.3 is 0 Å². The summed E-state index contributed by atoms with van der Waals surface area (Å²) in [4.78, 5) is 0. The Bertz CT molecular complexity index is 190. The molecule has 0 aliphatic carbocycles. The van der Waals surface area contributed by atoms with Crippen LogP contribution in [-0.2, 0) is 9.47 Å². The van der Waals surface area contributed by atoms with Gasteiger partial charge in [0.1, 0.15) is 5.76 Å². The standard InChI is InChI=1S/C11H20O2/c1-9(2)6-7-11(13-5)8-10(3)12-4/h7-9H,6H2,1-5H3/b10-8+,11-7+. The Morgan fingerprint density at radius 3 is 2.23 bits per heavy atom. The molecule has 0 aromatic heterocycles. The molecule has 0 spiro atoms. The van der Waals surface area contributed by atoms with E-state index in [4.69, 9.17) is 9.47 Å². The highest BCUT2D eigenvalue weighted by Gasteiger charge is 1.95. The van der Waals surface area contributed by atoms with Crippen molar-refractivity contribution in [2.75, 3.05) is 14.2 Å². The second kappa shape index (κ2) is 6.58. The minimum absolute atomic E-state index is 0.654. The third-order valence-corrected chi connectivity index (χ3v) is 1.69. The van der Waals surface area contributed by atoms with Gasteiger partial charge in [-0.15, -0.1) is 0 Å². The van der Waals surface area contributed by atoms with Gasteiger partial charge in [-0.1, -0.05) is 13.8 Å². The molecule has 0 atom stereocenters. The van der Waals surface area contributed by atoms with Gasteiger partial charge in [-0.05, 0) is 25.3 Å². The molecular formula is C11H20O2. The molecule has 0 saturated carbocycles. The molecule has 13 heavy (non-hydrogen) atoms. The predicted octanol–water partition coefficient (Wildman–Crippen LogP) is 3.11. The summed E-state index contributed by atoms with van der Waals surface area (Å²) in [5, 5.41) is 0. The van der Waals surface area contributed by atoms with Crippen LogP contribution in [0.4, 0.5) is 0 Å². The minimum atomic E-state index is 0.654. The van der Waals surface area contributed by atoms with Crippen LogP contribution in [-0.4, -0.2) is 14.2 Å². The lowest BCUT2D eigenvalue weighted by Gasteiger charge is -2.04. The van der Waals surface area contributed by atoms with Gasteiger partial charge in [0.2, 0.25) is 0 Å². The van der Waals surface area contributed by atoms with Crippen molar-refractivity contribution in [2.24, 2.45) is 5.92 Å². The molecule has 0 amide bonds. The molecule has 0 bridgehead atoms. The average Bonchev–Trinajstić information content (AvgIpc) is 2.11. The molecule has 76 valence electrons. The Morgan fingerprint density at radius 1 is 1.23 bits per heavy atom. The summed E-state index contributed by atoms with van der Waals surface area (Å²) in [6.45, 7) is 6.26. The van der Waals surface area contributed by atoms with Crippen LogP contribution in [0.1, 0.15) is 27.2 Å². The fourth-order valence-corrected chi connectivity index (χ4v) is 0.812. The maximum atomic E-state index is 5.18. The third-order valence-electron chi connectivity index (χ3n) is 1.69. The van der Waals surface area contributed by atoms with Crippen LogP contribution in [0.25, 0.3) is 0 Å². The SMILES string of the molecule is CO/C(C)=C/C(=C\CC(C)C)OC. The summed E-state index contributed by atoms with van der Waals surface area (Å²) in [5.41, 5.74) is 0. The molecular weight excluding hydrogens is 164 g/mol. The van der Waals surface area contributed by atoms with E-state index in [-0.39, 0.29) is 0 Å². The Hall–Kier alpha value is -0.920. The number of allylic oxidation sites excluding steroid dienone is 3. The topological polar surface area (TPSA) is 18.5 Å². The molecule has 0 aliphatic rings. The van der Waals surface area contributed by atoms with Crippen molar-refractivity contribution in [3.8, 4) is 0 Å². The summed E-state index contributed by atoms with van der Waals surface area (Å²) in [6, 6.07) is 0. The van der Waals surface area contributed by atoms with E-state index in [1.165, 1.54) is 0 Å². The largest absolute Gasteiger partial charge is 0.501 e. The zero-order chi connectivity index (χ0) is 10.3. The first-order valence-electron chi connectivity index (χ1n) is 4.56. The summed E-state index contributed by atoms with van der Waals surface area (Å²) in [5.74, 6) is 2.38. The van der Waals surface area contributed by atoms with Crippen LogP contribution >= 0.6 is 0 Å². The molecule has 0 unspecified atom stereocenters. The second-order valence-corrected chi connectivity index (χ2v) is 3.40. The molecule has 0 heterocycles. The van der Waals surface area contributed by atoms with E-state index in [2.05, 4.69) is 19.9 Å². The predicted molar refractivity (Wildman–Crippen MR) is 55.3 cm³/mol. The first-order valence-corrected chi connectivity index (χ1v) is 4.56. The lowest BCUT2D eigenvalue weighted by Crippen LogP contribution is -1.89. The average molecular weight is 184 g/mol. The van der Waals surface area contributed by atoms with Gasteiger partial charge in [0.05, 0.1) is 20.0 Å². The fourth-order valence-electron chi connectivity index (χ4n) is 0.812. The van der Waals surface area contributed by atoms with E-state index in [0.29, 0.717) is 5.92 Å². The van der Waals surface area contributed by atoms with E-state index < -0.39 is 0 Å². The zero-order valence-electron chi connectivity index (χ0n) is 9.26. The summed E-state index contributed by atoms with van der Waals surface area (Å²) in [7, 11) is 3.33. The quantitative estimate of drug-likeness (QED) is 0.483. The van der Waals surface area contributed by atoms with Gasteiger partial charge < -0.3 is 9.47 Å². The first-order chi connectivity index (χ1) is 6.10. The summed E-state index contributed by atoms with van der Waals surface area (Å²) < 4.78 is 10.2. The maximum absolute atomic E-state index is 5.18. The fraction of sp³-hybridized carbons (Fsp3) is 0.636. The van der Waals surface area contributed by atoms with E-state index in [1.54, 1.807) is 14.2 Å². The normalized spacial score (nSPS) is 13.4. The Balaban J connectivity index is 4.24. The van der Waals surface area contributed by atoms with Crippen molar-refractivity contribution < 1.29 is 9.47 Å². The van der Waals surface area contributed by atoms with Gasteiger partial charge in [-0.25, -0.2) is 0 Å². The van der Waals surface area contributed by atoms with Crippen molar-refractivity contribution >= 4 is 0 Å². The van der Waals surface area contributed by atoms with Gasteiger partial charge in [-0.2, -0.15) is 0 Å². The van der Waals surface area contributed by atoms with Crippen LogP contribution in [0.5, 0.6) is 0 Å². The second-order valence-electron chi connectivity index (χ2n) is 3.40. The molecule has 2 heteroatoms. The van der Waals surface area contributed by atoms with Gasteiger partial charge in [0.15, 0.2) is 0 Å². The highest BCUT2D eigenvalue weighted by Crippen LogP contribution is 2.08. The van der Waals surface area contributed by atoms with Gasteiger partial charge in [-0.3, -0.25) is 0 Å². The summed E-state index contributed by atoms with van der Waals surface area (Å²) in [6.07, 6.45) is 4.99. The van der Waals surface area contributed by atoms with Crippen molar-refractivity contribution in [2.45, 2.75) is 27.2 Å². The highest BCUT2D eigenvalue weighted by atomic mass is 16.5. The van der Waals surface area contributed by atoms with Crippen LogP contribution in [0, 0.1) is 5.92 Å². The van der Waals surface area contributed by atoms with Crippen molar-refractivity contribution in [3.63, 3.8) is 0 Å². The third kappa shape index (κ3) is 6.26. The Morgan fingerprint density at radius 2 is 1.85 bits per heavy atom. The lowest BCUT2D eigenvalue weighted by atomic mass is 10.1. The smallest absolute Gasteiger partial charge is 0.118 e. The number of methoxy groups -OCH3 is 2. The Labute approximate surface area is 81.2 Å². The highest BCUT2D eigenvalue weighted by molar-refractivity contribution is 5.14. The molecule has 0 aliphatic heterocycles. The lowest BCUT2D eigenvalue weighted by molar-refractivity contribution is 0.276. The molecule has 2 nitrogen and oxygen atoms in total. The first kappa shape index (κ1) is 12.1. The number of hydrogen-bond acceptors (Lipinski definition) is 2. The Kier molecular flexibility index (Phi) is 6.11. The maximum Gasteiger partial charge on any atom is 0.118 e. The van der Waals surface area contributed by atoms with Gasteiger partial charge in [0, 0.05) is 6.08 Å². The van der Waals surface area contributed by atoms with E-state index in [9.17, 15) is 0 Å². The van der Waals surface area contributed by atoms with Crippen molar-refractivity contribution in [1.29, 1.82) is 0 Å². The monoisotopic (exact) mass is 184 g/mol. The number of ether oxygens (including phenoxy) is 2. The molecule has 0 radical (unpaired) electrons. The van der Waals surface area contributed by atoms with Gasteiger partial charge in [0.25, 0.3) is 0 Å². The van der Waals surface area contributed by atoms with E-state index in [1.807, 2.05) is 13.0 Å². The molecule has 0 fully saturated rings. The molecule has 0 rings (SSSR count). The molecule has 0 aromatic carbocycles. The van der Waals surface area contributed by atoms with Crippen molar-refractivity contribution in [3.05, 3.63) is 23.7 Å². The van der Waals surface area contributed by atoms with E-state index in [0.717, 1.165) is 17.9 Å². The number of hydrogen-bond donors (Lipinski definition) is 0. The van der Waals surface area contributed by atoms with Crippen LogP contribution in [0.2, 0.25) is 0 Å². The van der Waals surface area contributed by atoms with Crippen LogP contribution in [0.3, 0.4) is 0 Å².